The van der Waals surface area contributed by atoms with Crippen LogP contribution in [-0.4, -0.2) is 220 Å². The van der Waals surface area contributed by atoms with Gasteiger partial charge in [-0.2, -0.15) is 0 Å². The molecule has 436 valence electrons. The Bertz CT molecular complexity index is 2320. The fraction of sp³-hybridized carbons (Fsp3) is 0.719. The molecule has 2 aliphatic carbocycles. The lowest BCUT2D eigenvalue weighted by molar-refractivity contribution is -0.161. The molecule has 3 fully saturated rings. The highest BCUT2D eigenvalue weighted by molar-refractivity contribution is 5.99. The standard InChI is InChI=1S/C57H92N10O11/c1-15-37(6)47(54(76)62(11)38(7)50(72)67-30-27-41(67)53(75)66(16-2)44(52(74)61(10)34-46(69)70)32-39-25-23-36(5)24-26-39)59-49(71)42(31-35(3)4)63(12)45(68)33-43(51(73)60(8)9)64(13)55(77)48(40-21-17-18-22-40)65(14)56(78)57(58)28-19-20-29-57/h23-26,35,37-38,40-44,47-48H,15-22,27-34,58H2,1-14H3,(H,59,71)(H,69,70)/t37-,38-,41-,42-,43-,44-,47-,48-/m0/s1. The van der Waals surface area contributed by atoms with Crippen LogP contribution < -0.4 is 11.1 Å². The minimum absolute atomic E-state index is 0.0900. The van der Waals surface area contributed by atoms with E-state index in [0.717, 1.165) is 41.7 Å². The summed E-state index contributed by atoms with van der Waals surface area (Å²) >= 11 is 0. The Hall–Kier alpha value is -6.12. The highest BCUT2D eigenvalue weighted by atomic mass is 16.4. The first-order chi connectivity index (χ1) is 36.5. The second-order valence-corrected chi connectivity index (χ2v) is 23.1. The Labute approximate surface area is 462 Å². The maximum absolute atomic E-state index is 14.8. The van der Waals surface area contributed by atoms with E-state index in [-0.39, 0.29) is 43.7 Å². The molecular formula is C57H92N10O11. The van der Waals surface area contributed by atoms with Crippen LogP contribution in [-0.2, 0) is 54.4 Å². The molecule has 21 heteroatoms. The van der Waals surface area contributed by atoms with Crippen molar-refractivity contribution >= 4 is 59.1 Å². The molecule has 78 heavy (non-hydrogen) atoms. The number of carboxylic acids is 1. The van der Waals surface area contributed by atoms with Crippen LogP contribution in [0, 0.1) is 24.7 Å². The third-order valence-electron chi connectivity index (χ3n) is 16.8. The third-order valence-corrected chi connectivity index (χ3v) is 16.8. The molecule has 4 rings (SSSR count). The van der Waals surface area contributed by atoms with Gasteiger partial charge >= 0.3 is 5.97 Å². The van der Waals surface area contributed by atoms with Crippen molar-refractivity contribution < 1.29 is 53.1 Å². The number of nitrogens with one attached hydrogen (secondary N) is 1. The van der Waals surface area contributed by atoms with Gasteiger partial charge in [-0.3, -0.25) is 47.9 Å². The summed E-state index contributed by atoms with van der Waals surface area (Å²) in [5.74, 6) is -6.67. The average molecular weight is 1090 g/mol. The Morgan fingerprint density at radius 1 is 0.731 bits per heavy atom. The van der Waals surface area contributed by atoms with E-state index in [0.29, 0.717) is 38.5 Å². The highest BCUT2D eigenvalue weighted by Crippen LogP contribution is 2.35. The first kappa shape index (κ1) is 64.4. The molecule has 21 nitrogen and oxygen atoms in total. The maximum Gasteiger partial charge on any atom is 0.323 e. The van der Waals surface area contributed by atoms with Crippen LogP contribution in [0.2, 0.25) is 0 Å². The zero-order valence-corrected chi connectivity index (χ0v) is 49.1. The number of rotatable bonds is 26. The molecule has 1 heterocycles. The van der Waals surface area contributed by atoms with E-state index in [1.807, 2.05) is 52.0 Å². The number of aliphatic carboxylic acids is 1. The van der Waals surface area contributed by atoms with Gasteiger partial charge in [-0.05, 0) is 82.6 Å². The summed E-state index contributed by atoms with van der Waals surface area (Å²) in [5, 5.41) is 12.4. The zero-order valence-electron chi connectivity index (χ0n) is 49.1. The van der Waals surface area contributed by atoms with Gasteiger partial charge in [0.15, 0.2) is 0 Å². The minimum atomic E-state index is -1.29. The second-order valence-electron chi connectivity index (χ2n) is 23.1. The predicted octanol–water partition coefficient (Wildman–Crippen LogP) is 2.74. The van der Waals surface area contributed by atoms with Crippen molar-refractivity contribution in [3.63, 3.8) is 0 Å². The molecule has 8 atom stereocenters. The molecule has 1 aliphatic heterocycles. The smallest absolute Gasteiger partial charge is 0.323 e. The monoisotopic (exact) mass is 1090 g/mol. The van der Waals surface area contributed by atoms with Gasteiger partial charge in [0.25, 0.3) is 0 Å². The first-order valence-electron chi connectivity index (χ1n) is 28.0. The number of amides is 9. The largest absolute Gasteiger partial charge is 0.480 e. The van der Waals surface area contributed by atoms with E-state index < -0.39 is 120 Å². The number of nitrogens with two attached hydrogens (primary N) is 1. The number of hydrogen-bond acceptors (Lipinski definition) is 11. The number of likely N-dealkylation sites (tertiary alicyclic amines) is 1. The van der Waals surface area contributed by atoms with E-state index >= 15 is 0 Å². The van der Waals surface area contributed by atoms with Gasteiger partial charge < -0.3 is 55.4 Å². The quantitative estimate of drug-likeness (QED) is 0.121. The van der Waals surface area contributed by atoms with Crippen LogP contribution in [0.25, 0.3) is 0 Å². The van der Waals surface area contributed by atoms with Gasteiger partial charge in [0.2, 0.25) is 53.2 Å². The number of carbonyl (C=O) groups excluding carboxylic acids is 9. The molecule has 9 amide bonds. The number of benzene rings is 1. The Balaban J connectivity index is 1.55. The molecule has 1 aromatic rings. The van der Waals surface area contributed by atoms with Gasteiger partial charge in [0, 0.05) is 68.8 Å². The molecule has 0 radical (unpaired) electrons. The highest BCUT2D eigenvalue weighted by Gasteiger charge is 2.48. The lowest BCUT2D eigenvalue weighted by atomic mass is 9.91. The fourth-order valence-corrected chi connectivity index (χ4v) is 11.3. The average Bonchev–Trinajstić information content (AvgIpc) is 4.10. The minimum Gasteiger partial charge on any atom is -0.480 e. The zero-order chi connectivity index (χ0) is 58.7. The van der Waals surface area contributed by atoms with Crippen LogP contribution >= 0.6 is 0 Å². The van der Waals surface area contributed by atoms with Crippen molar-refractivity contribution in [1.82, 2.24) is 44.5 Å². The number of nitrogens with zero attached hydrogens (tertiary/aromatic N) is 8. The normalized spacial score (nSPS) is 18.7. The molecule has 1 aromatic carbocycles. The molecule has 0 bridgehead atoms. The summed E-state index contributed by atoms with van der Waals surface area (Å²) < 4.78 is 0. The molecule has 0 aromatic heterocycles. The van der Waals surface area contributed by atoms with Crippen molar-refractivity contribution in [2.24, 2.45) is 23.5 Å². The van der Waals surface area contributed by atoms with Crippen molar-refractivity contribution in [2.75, 3.05) is 69.0 Å². The molecule has 2 saturated carbocycles. The van der Waals surface area contributed by atoms with E-state index in [9.17, 15) is 53.1 Å². The lowest BCUT2D eigenvalue weighted by Crippen LogP contribution is -2.65. The molecule has 4 N–H and O–H groups in total. The van der Waals surface area contributed by atoms with Crippen LogP contribution in [0.3, 0.4) is 0 Å². The summed E-state index contributed by atoms with van der Waals surface area (Å²) in [6, 6.07) is -0.162. The number of hydrogen-bond donors (Lipinski definition) is 3. The van der Waals surface area contributed by atoms with E-state index in [1.165, 1.54) is 83.5 Å². The molecular weight excluding hydrogens is 1000 g/mol. The molecule has 0 unspecified atom stereocenters. The van der Waals surface area contributed by atoms with Gasteiger partial charge in [-0.1, -0.05) is 89.6 Å². The van der Waals surface area contributed by atoms with Crippen molar-refractivity contribution in [2.45, 2.75) is 180 Å². The first-order valence-corrected chi connectivity index (χ1v) is 28.0. The van der Waals surface area contributed by atoms with E-state index in [4.69, 9.17) is 5.73 Å². The fourth-order valence-electron chi connectivity index (χ4n) is 11.3. The van der Waals surface area contributed by atoms with Gasteiger partial charge in [0.1, 0.15) is 48.8 Å². The maximum atomic E-state index is 14.8. The van der Waals surface area contributed by atoms with Crippen LogP contribution in [0.1, 0.15) is 130 Å². The summed E-state index contributed by atoms with van der Waals surface area (Å²) in [6.45, 7) is 12.3. The number of carbonyl (C=O) groups is 10. The van der Waals surface area contributed by atoms with Gasteiger partial charge in [-0.25, -0.2) is 0 Å². The van der Waals surface area contributed by atoms with Crippen LogP contribution in [0.15, 0.2) is 24.3 Å². The van der Waals surface area contributed by atoms with Crippen molar-refractivity contribution in [3.05, 3.63) is 35.4 Å². The molecule has 3 aliphatic rings. The number of aryl methyl sites for hydroxylation is 1. The predicted molar refractivity (Wildman–Crippen MR) is 295 cm³/mol. The Morgan fingerprint density at radius 3 is 1.82 bits per heavy atom. The van der Waals surface area contributed by atoms with E-state index in [1.54, 1.807) is 20.9 Å². The van der Waals surface area contributed by atoms with Crippen molar-refractivity contribution in [3.8, 4) is 0 Å². The van der Waals surface area contributed by atoms with Crippen LogP contribution in [0.5, 0.6) is 0 Å². The topological polar surface area (TPSA) is 255 Å². The SMILES string of the molecule is CC[C@H](C)[C@H](NC(=O)[C@H](CC(C)C)N(C)C(=O)C[C@@H](C(=O)N(C)C)N(C)C(=O)[C@H](C1CCCC1)N(C)C(=O)C1(N)CCCC1)C(=O)N(C)[C@@H](C)C(=O)N1CC[C@H]1C(=O)N(CC)[C@@H](Cc1ccc(C)cc1)C(=O)N(C)CC(=O)O. The van der Waals surface area contributed by atoms with E-state index in [2.05, 4.69) is 5.32 Å². The lowest BCUT2D eigenvalue weighted by Gasteiger charge is -2.45. The molecule has 1 saturated heterocycles. The Kier molecular flexibility index (Phi) is 23.2. The van der Waals surface area contributed by atoms with Crippen LogP contribution in [0.4, 0.5) is 0 Å². The van der Waals surface area contributed by atoms with Gasteiger partial charge in [0.05, 0.1) is 12.0 Å². The van der Waals surface area contributed by atoms with Gasteiger partial charge in [-0.15, -0.1) is 0 Å². The number of carboxylic acid groups (broad SMARTS) is 1. The summed E-state index contributed by atoms with van der Waals surface area (Å²) in [6.07, 6.45) is 6.35. The van der Waals surface area contributed by atoms with Crippen molar-refractivity contribution in [1.29, 1.82) is 0 Å². The third kappa shape index (κ3) is 15.4. The Morgan fingerprint density at radius 2 is 1.32 bits per heavy atom. The number of likely N-dealkylation sites (N-methyl/N-ethyl adjacent to an activating group) is 7. The summed E-state index contributed by atoms with van der Waals surface area (Å²) in [5.41, 5.74) is 7.30. The summed E-state index contributed by atoms with van der Waals surface area (Å²) in [4.78, 5) is 151. The second kappa shape index (κ2) is 28.2. The molecule has 0 spiro atoms. The summed E-state index contributed by atoms with van der Waals surface area (Å²) in [7, 11) is 10.4.